The number of thiol groups is 1. The van der Waals surface area contributed by atoms with Crippen molar-refractivity contribution in [1.29, 1.82) is 0 Å². The number of nitrogens with one attached hydrogen (secondary N) is 1. The monoisotopic (exact) mass is 466 g/mol. The van der Waals surface area contributed by atoms with Crippen LogP contribution in [0.15, 0.2) is 0 Å². The topological polar surface area (TPSA) is 84.9 Å². The van der Waals surface area contributed by atoms with Crippen molar-refractivity contribution in [2.24, 2.45) is 5.92 Å². The van der Waals surface area contributed by atoms with E-state index in [9.17, 15) is 14.4 Å². The summed E-state index contributed by atoms with van der Waals surface area (Å²) < 4.78 is 9.69. The minimum absolute atomic E-state index is 0.192. The number of hydrogen-bond donors (Lipinski definition) is 2. The van der Waals surface area contributed by atoms with Crippen molar-refractivity contribution >= 4 is 30.6 Å². The zero-order chi connectivity index (χ0) is 25.6. The van der Waals surface area contributed by atoms with Crippen molar-refractivity contribution in [2.75, 3.05) is 26.5 Å². The van der Waals surface area contributed by atoms with Crippen LogP contribution in [-0.4, -0.2) is 61.0 Å². The number of carbonyl (C=O) groups is 3. The summed E-state index contributed by atoms with van der Waals surface area (Å²) in [5, 5.41) is 2.39. The summed E-state index contributed by atoms with van der Waals surface area (Å²) >= 11 is 3.53. The zero-order valence-electron chi connectivity index (χ0n) is 22.1. The molecule has 0 radical (unpaired) electrons. The first-order valence-electron chi connectivity index (χ1n) is 11.2. The largest absolute Gasteiger partial charge is 0.467 e. The number of methoxy groups -OCH3 is 1. The van der Waals surface area contributed by atoms with Crippen LogP contribution < -0.4 is 5.32 Å². The number of nitrogens with zero attached hydrogens (tertiary/aromatic N) is 1. The van der Waals surface area contributed by atoms with Crippen LogP contribution in [0.25, 0.3) is 0 Å². The van der Waals surface area contributed by atoms with Gasteiger partial charge in [-0.1, -0.05) is 54.9 Å². The van der Waals surface area contributed by atoms with Gasteiger partial charge in [-0.05, 0) is 45.8 Å². The number of amides is 2. The molecule has 1 rings (SSSR count). The Hall–Kier alpha value is -1.44. The summed E-state index contributed by atoms with van der Waals surface area (Å²) in [6, 6.07) is -0.548. The van der Waals surface area contributed by atoms with Gasteiger partial charge in [0.05, 0.1) is 7.11 Å². The Balaban J connectivity index is -0.000000279. The van der Waals surface area contributed by atoms with Crippen LogP contribution in [0, 0.1) is 5.92 Å². The van der Waals surface area contributed by atoms with Gasteiger partial charge in [-0.15, -0.1) is 0 Å². The van der Waals surface area contributed by atoms with Crippen molar-refractivity contribution < 1.29 is 23.9 Å². The molecule has 0 aromatic carbocycles. The van der Waals surface area contributed by atoms with Crippen LogP contribution in [-0.2, 0) is 19.1 Å². The van der Waals surface area contributed by atoms with Gasteiger partial charge < -0.3 is 19.7 Å². The molecule has 0 spiro atoms. The van der Waals surface area contributed by atoms with E-state index >= 15 is 0 Å². The molecule has 0 aromatic heterocycles. The maximum atomic E-state index is 12.0. The van der Waals surface area contributed by atoms with Gasteiger partial charge in [-0.3, -0.25) is 4.79 Å². The van der Waals surface area contributed by atoms with E-state index in [0.717, 1.165) is 12.3 Å². The second-order valence-corrected chi connectivity index (χ2v) is 8.06. The fourth-order valence-electron chi connectivity index (χ4n) is 2.01. The molecule has 2 amide bonds. The molecule has 1 saturated heterocycles. The van der Waals surface area contributed by atoms with Crippen LogP contribution >= 0.6 is 12.6 Å². The average Bonchev–Trinajstić information content (AvgIpc) is 3.17. The Morgan fingerprint density at radius 2 is 1.52 bits per heavy atom. The molecule has 1 heterocycles. The van der Waals surface area contributed by atoms with E-state index in [1.54, 1.807) is 27.0 Å². The van der Waals surface area contributed by atoms with Crippen molar-refractivity contribution in [3.8, 4) is 0 Å². The molecule has 1 aliphatic rings. The van der Waals surface area contributed by atoms with Crippen molar-refractivity contribution in [1.82, 2.24) is 10.2 Å². The maximum Gasteiger partial charge on any atom is 0.408 e. The number of ether oxygens (including phenoxy) is 2. The Kier molecular flexibility index (Phi) is 27.7. The SMILES string of the molecule is CC.CC(C)C.CCC.COC(=O)C1CCCN1C(=O)CNC(=O)OC(C)(C)C.CS. The molecular formula is C23H50N2O5S. The van der Waals surface area contributed by atoms with Crippen molar-refractivity contribution in [3.63, 3.8) is 0 Å². The molecule has 0 bridgehead atoms. The molecule has 8 heteroatoms. The molecule has 1 fully saturated rings. The van der Waals surface area contributed by atoms with E-state index < -0.39 is 23.7 Å². The average molecular weight is 467 g/mol. The van der Waals surface area contributed by atoms with Gasteiger partial charge in [0, 0.05) is 6.54 Å². The third-order valence-electron chi connectivity index (χ3n) is 2.83. The van der Waals surface area contributed by atoms with E-state index in [4.69, 9.17) is 4.74 Å². The minimum atomic E-state index is -0.653. The molecule has 1 atom stereocenters. The van der Waals surface area contributed by atoms with Crippen molar-refractivity contribution in [3.05, 3.63) is 0 Å². The van der Waals surface area contributed by atoms with Gasteiger partial charge in [0.2, 0.25) is 5.91 Å². The highest BCUT2D eigenvalue weighted by atomic mass is 32.1. The highest BCUT2D eigenvalue weighted by molar-refractivity contribution is 7.79. The fraction of sp³-hybridized carbons (Fsp3) is 0.870. The second-order valence-electron chi connectivity index (χ2n) is 8.06. The molecule has 31 heavy (non-hydrogen) atoms. The smallest absolute Gasteiger partial charge is 0.408 e. The van der Waals surface area contributed by atoms with E-state index in [-0.39, 0.29) is 12.5 Å². The van der Waals surface area contributed by atoms with Gasteiger partial charge in [0.25, 0.3) is 0 Å². The molecule has 0 aromatic rings. The van der Waals surface area contributed by atoms with Gasteiger partial charge in [0.15, 0.2) is 0 Å². The molecule has 1 aliphatic heterocycles. The standard InChI is InChI=1S/C13H22N2O5.C4H10.C3H8.C2H6.CH4S/c1-13(2,3)20-12(18)14-8-10(16)15-7-5-6-9(15)11(17)19-4;1-4(2)3;1-3-2;2*1-2/h9H,5-8H2,1-4H3,(H,14,18);4H,1-3H3;3H2,1-2H3;1-2H3;2H,1H3. The van der Waals surface area contributed by atoms with Crippen molar-refractivity contribution in [2.45, 2.75) is 100 Å². The summed E-state index contributed by atoms with van der Waals surface area (Å²) in [6.07, 6.45) is 3.63. The van der Waals surface area contributed by atoms with E-state index in [1.165, 1.54) is 18.4 Å². The number of carbonyl (C=O) groups excluding carboxylic acids is 3. The van der Waals surface area contributed by atoms with E-state index in [2.05, 4.69) is 57.3 Å². The Labute approximate surface area is 197 Å². The molecule has 0 aliphatic carbocycles. The Morgan fingerprint density at radius 3 is 1.87 bits per heavy atom. The molecule has 1 unspecified atom stereocenters. The Bertz CT molecular complexity index is 449. The number of esters is 1. The molecule has 7 nitrogen and oxygen atoms in total. The summed E-state index contributed by atoms with van der Waals surface area (Å²) in [6.45, 7) is 20.3. The number of likely N-dealkylation sites (tertiary alicyclic amines) is 1. The fourth-order valence-corrected chi connectivity index (χ4v) is 2.01. The Morgan fingerprint density at radius 1 is 1.10 bits per heavy atom. The normalized spacial score (nSPS) is 14.1. The lowest BCUT2D eigenvalue weighted by molar-refractivity contribution is -0.150. The van der Waals surface area contributed by atoms with E-state index in [1.807, 2.05) is 13.8 Å². The predicted octanol–water partition coefficient (Wildman–Crippen LogP) is 5.33. The lowest BCUT2D eigenvalue weighted by atomic mass is 10.2. The minimum Gasteiger partial charge on any atom is -0.467 e. The molecule has 1 N–H and O–H groups in total. The van der Waals surface area contributed by atoms with Crippen LogP contribution in [0.5, 0.6) is 0 Å². The van der Waals surface area contributed by atoms with Crippen LogP contribution in [0.1, 0.15) is 88.5 Å². The maximum absolute atomic E-state index is 12.0. The van der Waals surface area contributed by atoms with Gasteiger partial charge >= 0.3 is 12.1 Å². The lowest BCUT2D eigenvalue weighted by Gasteiger charge is -2.23. The molecule has 0 saturated carbocycles. The second kappa shape index (κ2) is 23.2. The predicted molar refractivity (Wildman–Crippen MR) is 134 cm³/mol. The van der Waals surface area contributed by atoms with Crippen LogP contribution in [0.2, 0.25) is 0 Å². The summed E-state index contributed by atoms with van der Waals surface area (Å²) in [5.74, 6) is 0.0943. The van der Waals surface area contributed by atoms with Gasteiger partial charge in [-0.2, -0.15) is 12.6 Å². The highest BCUT2D eigenvalue weighted by Gasteiger charge is 2.34. The summed E-state index contributed by atoms with van der Waals surface area (Å²) in [4.78, 5) is 36.4. The third kappa shape index (κ3) is 24.7. The summed E-state index contributed by atoms with van der Waals surface area (Å²) in [7, 11) is 1.29. The number of hydrogen-bond acceptors (Lipinski definition) is 6. The first kappa shape index (κ1) is 36.9. The zero-order valence-corrected chi connectivity index (χ0v) is 23.0. The van der Waals surface area contributed by atoms with E-state index in [0.29, 0.717) is 13.0 Å². The van der Waals surface area contributed by atoms with Crippen LogP contribution in [0.3, 0.4) is 0 Å². The third-order valence-corrected chi connectivity index (χ3v) is 2.83. The lowest BCUT2D eigenvalue weighted by Crippen LogP contribution is -2.46. The van der Waals surface area contributed by atoms with Gasteiger partial charge in [-0.25, -0.2) is 9.59 Å². The first-order valence-corrected chi connectivity index (χ1v) is 12.1. The number of alkyl carbamates (subject to hydrolysis) is 1. The molecular weight excluding hydrogens is 416 g/mol. The highest BCUT2D eigenvalue weighted by Crippen LogP contribution is 2.18. The van der Waals surface area contributed by atoms with Gasteiger partial charge in [0.1, 0.15) is 18.2 Å². The van der Waals surface area contributed by atoms with Crippen LogP contribution in [0.4, 0.5) is 4.79 Å². The quantitative estimate of drug-likeness (QED) is 0.434. The number of rotatable bonds is 3. The first-order chi connectivity index (χ1) is 14.4. The summed E-state index contributed by atoms with van der Waals surface area (Å²) in [5.41, 5.74) is -0.616. The molecule has 188 valence electrons.